The van der Waals surface area contributed by atoms with Gasteiger partial charge in [-0.05, 0) is 33.8 Å². The molecule has 0 spiro atoms. The van der Waals surface area contributed by atoms with Crippen molar-refractivity contribution in [2.45, 2.75) is 18.9 Å². The molecule has 86 valence electrons. The molecular weight excluding hydrogens is 288 g/mol. The Kier molecular flexibility index (Phi) is 3.78. The lowest BCUT2D eigenvalue weighted by atomic mass is 10.1. The van der Waals surface area contributed by atoms with Crippen LogP contribution in [0.4, 0.5) is 0 Å². The fourth-order valence-electron chi connectivity index (χ4n) is 1.58. The van der Waals surface area contributed by atoms with E-state index in [9.17, 15) is 5.11 Å². The summed E-state index contributed by atoms with van der Waals surface area (Å²) in [6.07, 6.45) is 4.77. The first-order valence-corrected chi connectivity index (χ1v) is 6.73. The molecule has 3 nitrogen and oxygen atoms in total. The zero-order valence-corrected chi connectivity index (χ0v) is 11.3. The van der Waals surface area contributed by atoms with Gasteiger partial charge in [0, 0.05) is 35.2 Å². The standard InChI is InChI=1S/C11H13BrN2OS/c1-14-6-5-13-10(14)3-2-9(15)11-8(12)4-7-16-11/h4-7,9,15H,2-3H2,1H3. The molecule has 1 N–H and O–H groups in total. The third kappa shape index (κ3) is 2.53. The molecule has 2 aromatic rings. The number of rotatable bonds is 4. The number of imidazole rings is 1. The number of aryl methyl sites for hydroxylation is 2. The molecular formula is C11H13BrN2OS. The summed E-state index contributed by atoms with van der Waals surface area (Å²) in [5.74, 6) is 1.01. The predicted molar refractivity (Wildman–Crippen MR) is 68.5 cm³/mol. The minimum absolute atomic E-state index is 0.411. The quantitative estimate of drug-likeness (QED) is 0.943. The molecule has 0 aliphatic carbocycles. The largest absolute Gasteiger partial charge is 0.388 e. The van der Waals surface area contributed by atoms with E-state index < -0.39 is 6.10 Å². The Labute approximate surface area is 107 Å². The Balaban J connectivity index is 1.97. The number of aliphatic hydroxyl groups is 1. The number of aromatic nitrogens is 2. The second-order valence-electron chi connectivity index (χ2n) is 3.64. The third-order valence-corrected chi connectivity index (χ3v) is 4.48. The van der Waals surface area contributed by atoms with Crippen molar-refractivity contribution in [1.29, 1.82) is 0 Å². The monoisotopic (exact) mass is 300 g/mol. The van der Waals surface area contributed by atoms with Crippen molar-refractivity contribution in [3.63, 3.8) is 0 Å². The van der Waals surface area contributed by atoms with Crippen LogP contribution in [0.2, 0.25) is 0 Å². The maximum atomic E-state index is 10.0. The third-order valence-electron chi connectivity index (χ3n) is 2.51. The minimum Gasteiger partial charge on any atom is -0.388 e. The number of hydrogen-bond donors (Lipinski definition) is 1. The predicted octanol–water partition coefficient (Wildman–Crippen LogP) is 2.91. The van der Waals surface area contributed by atoms with Gasteiger partial charge in [-0.15, -0.1) is 11.3 Å². The van der Waals surface area contributed by atoms with E-state index in [0.29, 0.717) is 6.42 Å². The van der Waals surface area contributed by atoms with Crippen molar-refractivity contribution in [2.24, 2.45) is 7.05 Å². The van der Waals surface area contributed by atoms with E-state index in [4.69, 9.17) is 0 Å². The fourth-order valence-corrected chi connectivity index (χ4v) is 3.24. The van der Waals surface area contributed by atoms with Gasteiger partial charge in [0.1, 0.15) is 5.82 Å². The van der Waals surface area contributed by atoms with Crippen molar-refractivity contribution < 1.29 is 5.11 Å². The first kappa shape index (κ1) is 11.8. The number of halogens is 1. The van der Waals surface area contributed by atoms with Crippen LogP contribution in [0, 0.1) is 0 Å². The van der Waals surface area contributed by atoms with Crippen molar-refractivity contribution in [3.05, 3.63) is 39.0 Å². The molecule has 2 aromatic heterocycles. The first-order valence-electron chi connectivity index (χ1n) is 5.05. The van der Waals surface area contributed by atoms with Crippen LogP contribution in [0.15, 0.2) is 28.3 Å². The molecule has 2 rings (SSSR count). The number of thiophene rings is 1. The summed E-state index contributed by atoms with van der Waals surface area (Å²) < 4.78 is 2.97. The van der Waals surface area contributed by atoms with E-state index in [1.807, 2.05) is 29.3 Å². The van der Waals surface area contributed by atoms with Gasteiger partial charge in [0.25, 0.3) is 0 Å². The molecule has 2 heterocycles. The molecule has 0 aliphatic rings. The van der Waals surface area contributed by atoms with Crippen molar-refractivity contribution in [2.75, 3.05) is 0 Å². The highest BCUT2D eigenvalue weighted by atomic mass is 79.9. The lowest BCUT2D eigenvalue weighted by Crippen LogP contribution is -2.02. The molecule has 0 fully saturated rings. The van der Waals surface area contributed by atoms with Gasteiger partial charge in [0.05, 0.1) is 6.10 Å². The van der Waals surface area contributed by atoms with Gasteiger partial charge in [-0.2, -0.15) is 0 Å². The zero-order chi connectivity index (χ0) is 11.5. The second kappa shape index (κ2) is 5.12. The Morgan fingerprint density at radius 2 is 2.44 bits per heavy atom. The van der Waals surface area contributed by atoms with Gasteiger partial charge >= 0.3 is 0 Å². The Morgan fingerprint density at radius 1 is 1.62 bits per heavy atom. The Morgan fingerprint density at radius 3 is 3.00 bits per heavy atom. The number of nitrogens with zero attached hydrogens (tertiary/aromatic N) is 2. The van der Waals surface area contributed by atoms with Crippen LogP contribution in [0.1, 0.15) is 23.2 Å². The van der Waals surface area contributed by atoms with E-state index in [2.05, 4.69) is 20.9 Å². The Bertz CT molecular complexity index is 466. The van der Waals surface area contributed by atoms with E-state index in [1.54, 1.807) is 17.5 Å². The van der Waals surface area contributed by atoms with Crippen LogP contribution in [0.5, 0.6) is 0 Å². The lowest BCUT2D eigenvalue weighted by Gasteiger charge is -2.09. The maximum absolute atomic E-state index is 10.0. The fraction of sp³-hybridized carbons (Fsp3) is 0.364. The normalized spacial score (nSPS) is 12.9. The summed E-state index contributed by atoms with van der Waals surface area (Å²) in [5, 5.41) is 12.0. The van der Waals surface area contributed by atoms with Gasteiger partial charge in [0.15, 0.2) is 0 Å². The molecule has 1 atom stereocenters. The molecule has 0 aromatic carbocycles. The number of aliphatic hydroxyl groups excluding tert-OH is 1. The maximum Gasteiger partial charge on any atom is 0.108 e. The van der Waals surface area contributed by atoms with Crippen molar-refractivity contribution in [3.8, 4) is 0 Å². The second-order valence-corrected chi connectivity index (χ2v) is 5.44. The molecule has 5 heteroatoms. The average molecular weight is 301 g/mol. The summed E-state index contributed by atoms with van der Waals surface area (Å²) >= 11 is 5.00. The van der Waals surface area contributed by atoms with Crippen molar-refractivity contribution >= 4 is 27.3 Å². The molecule has 0 bridgehead atoms. The van der Waals surface area contributed by atoms with Gasteiger partial charge in [0.2, 0.25) is 0 Å². The van der Waals surface area contributed by atoms with E-state index >= 15 is 0 Å². The molecule has 0 radical (unpaired) electrons. The van der Waals surface area contributed by atoms with Crippen molar-refractivity contribution in [1.82, 2.24) is 9.55 Å². The topological polar surface area (TPSA) is 38.0 Å². The van der Waals surface area contributed by atoms with Crippen LogP contribution in [-0.4, -0.2) is 14.7 Å². The number of hydrogen-bond acceptors (Lipinski definition) is 3. The van der Waals surface area contributed by atoms with E-state index in [0.717, 1.165) is 21.6 Å². The van der Waals surface area contributed by atoms with Gasteiger partial charge in [-0.25, -0.2) is 4.98 Å². The average Bonchev–Trinajstić information content (AvgIpc) is 2.84. The van der Waals surface area contributed by atoms with Crippen LogP contribution < -0.4 is 0 Å². The molecule has 0 aliphatic heterocycles. The highest BCUT2D eigenvalue weighted by molar-refractivity contribution is 9.10. The van der Waals surface area contributed by atoms with Crippen LogP contribution >= 0.6 is 27.3 Å². The van der Waals surface area contributed by atoms with Gasteiger partial charge in [-0.1, -0.05) is 0 Å². The molecule has 0 saturated carbocycles. The highest BCUT2D eigenvalue weighted by Crippen LogP contribution is 2.31. The summed E-state index contributed by atoms with van der Waals surface area (Å²) in [5.41, 5.74) is 0. The highest BCUT2D eigenvalue weighted by Gasteiger charge is 2.13. The summed E-state index contributed by atoms with van der Waals surface area (Å²) in [7, 11) is 1.97. The molecule has 16 heavy (non-hydrogen) atoms. The SMILES string of the molecule is Cn1ccnc1CCC(O)c1sccc1Br. The van der Waals surface area contributed by atoms with Gasteiger partial charge < -0.3 is 9.67 Å². The van der Waals surface area contributed by atoms with E-state index in [1.165, 1.54) is 0 Å². The van der Waals surface area contributed by atoms with E-state index in [-0.39, 0.29) is 0 Å². The lowest BCUT2D eigenvalue weighted by molar-refractivity contribution is 0.170. The van der Waals surface area contributed by atoms with Crippen LogP contribution in [0.25, 0.3) is 0 Å². The molecule has 1 unspecified atom stereocenters. The van der Waals surface area contributed by atoms with Crippen LogP contribution in [0.3, 0.4) is 0 Å². The first-order chi connectivity index (χ1) is 7.68. The zero-order valence-electron chi connectivity index (χ0n) is 8.93. The smallest absolute Gasteiger partial charge is 0.108 e. The molecule has 0 saturated heterocycles. The molecule has 0 amide bonds. The van der Waals surface area contributed by atoms with Crippen LogP contribution in [-0.2, 0) is 13.5 Å². The summed E-state index contributed by atoms with van der Waals surface area (Å²) in [4.78, 5) is 5.23. The summed E-state index contributed by atoms with van der Waals surface area (Å²) in [6, 6.07) is 1.96. The summed E-state index contributed by atoms with van der Waals surface area (Å²) in [6.45, 7) is 0. The van der Waals surface area contributed by atoms with Gasteiger partial charge in [-0.3, -0.25) is 0 Å². The Hall–Kier alpha value is -0.650. The minimum atomic E-state index is -0.411.